The van der Waals surface area contributed by atoms with Gasteiger partial charge in [-0.05, 0) is 29.9 Å². The highest BCUT2D eigenvalue weighted by atomic mass is 16.2. The Bertz CT molecular complexity index is 853. The Morgan fingerprint density at radius 1 is 1.40 bits per heavy atom. The topological polar surface area (TPSA) is 77.3 Å². The summed E-state index contributed by atoms with van der Waals surface area (Å²) in [6.07, 6.45) is 4.05. The molecule has 1 fully saturated rings. The van der Waals surface area contributed by atoms with Crippen LogP contribution in [0.3, 0.4) is 0 Å². The maximum Gasteiger partial charge on any atom is 0.254 e. The maximum absolute atomic E-state index is 12.8. The minimum Gasteiger partial charge on any atom is -0.332 e. The standard InChI is InChI=1S/C19H20N4O2/c1-13-8-15(9-20)23(11-13)18(24)12-22(2)19(25)17-5-3-4-14-10-21-7-6-16(14)17/h3-7,10,13,15H,8,11-12H2,1-2H3. The number of pyridine rings is 1. The zero-order valence-electron chi connectivity index (χ0n) is 14.3. The van der Waals surface area contributed by atoms with E-state index in [2.05, 4.69) is 11.1 Å². The van der Waals surface area contributed by atoms with Gasteiger partial charge in [0.25, 0.3) is 5.91 Å². The van der Waals surface area contributed by atoms with Crippen LogP contribution in [0.5, 0.6) is 0 Å². The van der Waals surface area contributed by atoms with Crippen LogP contribution in [-0.2, 0) is 4.79 Å². The van der Waals surface area contributed by atoms with Crippen LogP contribution in [-0.4, -0.2) is 52.8 Å². The van der Waals surface area contributed by atoms with Crippen LogP contribution in [0.15, 0.2) is 36.7 Å². The average molecular weight is 336 g/mol. The lowest BCUT2D eigenvalue weighted by Crippen LogP contribution is -2.43. The van der Waals surface area contributed by atoms with Crippen molar-refractivity contribution in [2.45, 2.75) is 19.4 Å². The number of benzene rings is 1. The first-order valence-corrected chi connectivity index (χ1v) is 8.28. The lowest BCUT2D eigenvalue weighted by molar-refractivity contribution is -0.131. The van der Waals surface area contributed by atoms with Crippen molar-refractivity contribution >= 4 is 22.6 Å². The number of nitrogens with zero attached hydrogens (tertiary/aromatic N) is 4. The van der Waals surface area contributed by atoms with Crippen molar-refractivity contribution < 1.29 is 9.59 Å². The van der Waals surface area contributed by atoms with E-state index in [1.54, 1.807) is 42.5 Å². The van der Waals surface area contributed by atoms with Crippen LogP contribution >= 0.6 is 0 Å². The van der Waals surface area contributed by atoms with E-state index < -0.39 is 6.04 Å². The number of rotatable bonds is 3. The van der Waals surface area contributed by atoms with Gasteiger partial charge >= 0.3 is 0 Å². The molecule has 0 bridgehead atoms. The lowest BCUT2D eigenvalue weighted by atomic mass is 10.1. The molecule has 6 heteroatoms. The fourth-order valence-corrected chi connectivity index (χ4v) is 3.32. The molecule has 1 saturated heterocycles. The molecule has 1 aromatic carbocycles. The second-order valence-corrected chi connectivity index (χ2v) is 6.60. The van der Waals surface area contributed by atoms with Gasteiger partial charge in [0.2, 0.25) is 5.91 Å². The Morgan fingerprint density at radius 2 is 2.20 bits per heavy atom. The summed E-state index contributed by atoms with van der Waals surface area (Å²) in [4.78, 5) is 32.4. The largest absolute Gasteiger partial charge is 0.332 e. The highest BCUT2D eigenvalue weighted by Gasteiger charge is 2.33. The van der Waals surface area contributed by atoms with Gasteiger partial charge in [0.1, 0.15) is 6.04 Å². The zero-order valence-corrected chi connectivity index (χ0v) is 14.3. The number of likely N-dealkylation sites (N-methyl/N-ethyl adjacent to an activating group) is 1. The number of hydrogen-bond acceptors (Lipinski definition) is 4. The first-order valence-electron chi connectivity index (χ1n) is 8.28. The predicted molar refractivity (Wildman–Crippen MR) is 93.6 cm³/mol. The van der Waals surface area contributed by atoms with Gasteiger partial charge in [0, 0.05) is 36.9 Å². The molecule has 0 aliphatic carbocycles. The Hall–Kier alpha value is -2.94. The van der Waals surface area contributed by atoms with Gasteiger partial charge in [-0.3, -0.25) is 14.6 Å². The van der Waals surface area contributed by atoms with Crippen LogP contribution < -0.4 is 0 Å². The van der Waals surface area contributed by atoms with Gasteiger partial charge in [-0.1, -0.05) is 19.1 Å². The van der Waals surface area contributed by atoms with E-state index in [4.69, 9.17) is 0 Å². The van der Waals surface area contributed by atoms with Crippen molar-refractivity contribution in [3.63, 3.8) is 0 Å². The van der Waals surface area contributed by atoms with Crippen LogP contribution in [0.4, 0.5) is 0 Å². The summed E-state index contributed by atoms with van der Waals surface area (Å²) in [5, 5.41) is 10.9. The molecule has 2 amide bonds. The molecule has 0 saturated carbocycles. The van der Waals surface area contributed by atoms with E-state index in [1.807, 2.05) is 13.0 Å². The highest BCUT2D eigenvalue weighted by Crippen LogP contribution is 2.23. The number of likely N-dealkylation sites (tertiary alicyclic amines) is 1. The summed E-state index contributed by atoms with van der Waals surface area (Å²) in [5.41, 5.74) is 0.543. The van der Waals surface area contributed by atoms with Gasteiger partial charge in [-0.2, -0.15) is 5.26 Å². The Balaban J connectivity index is 1.77. The first kappa shape index (κ1) is 16.9. The highest BCUT2D eigenvalue weighted by molar-refractivity contribution is 6.07. The molecule has 2 heterocycles. The second-order valence-electron chi connectivity index (χ2n) is 6.60. The molecule has 25 heavy (non-hydrogen) atoms. The van der Waals surface area contributed by atoms with Crippen molar-refractivity contribution in [3.05, 3.63) is 42.2 Å². The molecule has 1 aliphatic rings. The fourth-order valence-electron chi connectivity index (χ4n) is 3.32. The number of amides is 2. The van der Waals surface area contributed by atoms with Gasteiger partial charge in [0.05, 0.1) is 12.6 Å². The molecular weight excluding hydrogens is 316 g/mol. The number of carbonyl (C=O) groups excluding carboxylic acids is 2. The molecule has 128 valence electrons. The lowest BCUT2D eigenvalue weighted by Gasteiger charge is -2.24. The third kappa shape index (κ3) is 3.31. The van der Waals surface area contributed by atoms with Crippen LogP contribution in [0, 0.1) is 17.2 Å². The predicted octanol–water partition coefficient (Wildman–Crippen LogP) is 2.07. The normalized spacial score (nSPS) is 19.6. The second kappa shape index (κ2) is 6.89. The number of fused-ring (bicyclic) bond motifs is 1. The summed E-state index contributed by atoms with van der Waals surface area (Å²) in [6, 6.07) is 9.04. The molecule has 0 radical (unpaired) electrons. The van der Waals surface area contributed by atoms with Gasteiger partial charge in [-0.25, -0.2) is 0 Å². The van der Waals surface area contributed by atoms with E-state index in [1.165, 1.54) is 4.90 Å². The first-order chi connectivity index (χ1) is 12.0. The zero-order chi connectivity index (χ0) is 18.0. The fraction of sp³-hybridized carbons (Fsp3) is 0.368. The Kier molecular flexibility index (Phi) is 4.66. The number of carbonyl (C=O) groups is 2. The maximum atomic E-state index is 12.8. The SMILES string of the molecule is CC1CC(C#N)N(C(=O)CN(C)C(=O)c2cccc3cnccc23)C1. The van der Waals surface area contributed by atoms with Gasteiger partial charge < -0.3 is 9.80 Å². The summed E-state index contributed by atoms with van der Waals surface area (Å²) in [5.74, 6) is -0.0975. The summed E-state index contributed by atoms with van der Waals surface area (Å²) < 4.78 is 0. The minimum absolute atomic E-state index is 0.0365. The van der Waals surface area contributed by atoms with E-state index in [9.17, 15) is 14.9 Å². The van der Waals surface area contributed by atoms with Gasteiger partial charge in [-0.15, -0.1) is 0 Å². The van der Waals surface area contributed by atoms with Crippen molar-refractivity contribution in [3.8, 4) is 6.07 Å². The average Bonchev–Trinajstić information content (AvgIpc) is 3.01. The van der Waals surface area contributed by atoms with E-state index in [-0.39, 0.29) is 18.4 Å². The van der Waals surface area contributed by atoms with Crippen molar-refractivity contribution in [2.24, 2.45) is 5.92 Å². The molecule has 2 unspecified atom stereocenters. The molecule has 0 N–H and O–H groups in total. The smallest absolute Gasteiger partial charge is 0.254 e. The molecule has 1 aromatic heterocycles. The number of hydrogen-bond donors (Lipinski definition) is 0. The Labute approximate surface area is 146 Å². The van der Waals surface area contributed by atoms with Crippen molar-refractivity contribution in [1.29, 1.82) is 5.26 Å². The van der Waals surface area contributed by atoms with Gasteiger partial charge in [0.15, 0.2) is 0 Å². The van der Waals surface area contributed by atoms with Crippen molar-refractivity contribution in [2.75, 3.05) is 20.1 Å². The summed E-state index contributed by atoms with van der Waals surface area (Å²) in [6.45, 7) is 2.56. The molecule has 6 nitrogen and oxygen atoms in total. The molecular formula is C19H20N4O2. The Morgan fingerprint density at radius 3 is 2.96 bits per heavy atom. The number of aromatic nitrogens is 1. The monoisotopic (exact) mass is 336 g/mol. The molecule has 0 spiro atoms. The van der Waals surface area contributed by atoms with E-state index in [0.717, 1.165) is 10.8 Å². The summed E-state index contributed by atoms with van der Waals surface area (Å²) >= 11 is 0. The van der Waals surface area contributed by atoms with Crippen LogP contribution in [0.25, 0.3) is 10.8 Å². The third-order valence-electron chi connectivity index (χ3n) is 4.61. The summed E-state index contributed by atoms with van der Waals surface area (Å²) in [7, 11) is 1.61. The quantitative estimate of drug-likeness (QED) is 0.860. The number of nitriles is 1. The third-order valence-corrected chi connectivity index (χ3v) is 4.61. The molecule has 3 rings (SSSR count). The van der Waals surface area contributed by atoms with Crippen LogP contribution in [0.2, 0.25) is 0 Å². The van der Waals surface area contributed by atoms with E-state index >= 15 is 0 Å². The molecule has 2 aromatic rings. The van der Waals surface area contributed by atoms with E-state index in [0.29, 0.717) is 24.4 Å². The molecule has 1 aliphatic heterocycles. The van der Waals surface area contributed by atoms with Crippen molar-refractivity contribution in [1.82, 2.24) is 14.8 Å². The molecule has 2 atom stereocenters. The van der Waals surface area contributed by atoms with Crippen LogP contribution in [0.1, 0.15) is 23.7 Å². The minimum atomic E-state index is -0.394.